The minimum Gasteiger partial charge on any atom is -0.378 e. The van der Waals surface area contributed by atoms with E-state index in [4.69, 9.17) is 4.74 Å². The Morgan fingerprint density at radius 3 is 2.64 bits per heavy atom. The Morgan fingerprint density at radius 2 is 1.92 bits per heavy atom. The van der Waals surface area contributed by atoms with Crippen molar-refractivity contribution in [2.75, 3.05) is 36.5 Å². The van der Waals surface area contributed by atoms with Gasteiger partial charge >= 0.3 is 0 Å². The van der Waals surface area contributed by atoms with Crippen LogP contribution in [-0.4, -0.2) is 37.9 Å². The highest BCUT2D eigenvalue weighted by atomic mass is 16.5. The number of hydrogen-bond donors (Lipinski definition) is 2. The molecule has 1 spiro atoms. The third kappa shape index (κ3) is 3.22. The Bertz CT molecular complexity index is 682. The second kappa shape index (κ2) is 5.90. The molecule has 136 valence electrons. The molecular weight excluding hydrogens is 314 g/mol. The van der Waals surface area contributed by atoms with E-state index < -0.39 is 0 Å². The van der Waals surface area contributed by atoms with Gasteiger partial charge in [-0.15, -0.1) is 0 Å². The highest BCUT2D eigenvalue weighted by Gasteiger charge is 2.46. The summed E-state index contributed by atoms with van der Waals surface area (Å²) < 4.78 is 5.43. The fraction of sp³-hybridized carbons (Fsp3) is 0.650. The average molecular weight is 343 g/mol. The zero-order chi connectivity index (χ0) is 17.7. The van der Waals surface area contributed by atoms with Gasteiger partial charge in [0.15, 0.2) is 0 Å². The molecule has 1 unspecified atom stereocenters. The Morgan fingerprint density at radius 1 is 1.16 bits per heavy atom. The van der Waals surface area contributed by atoms with Crippen LogP contribution in [0.3, 0.4) is 0 Å². The number of carbonyl (C=O) groups is 1. The molecule has 4 rings (SSSR count). The number of rotatable bonds is 1. The van der Waals surface area contributed by atoms with Gasteiger partial charge in [-0.05, 0) is 48.8 Å². The molecule has 1 amide bonds. The van der Waals surface area contributed by atoms with E-state index in [9.17, 15) is 4.79 Å². The lowest BCUT2D eigenvalue weighted by Gasteiger charge is -2.50. The van der Waals surface area contributed by atoms with Crippen molar-refractivity contribution >= 4 is 17.3 Å². The number of anilines is 2. The van der Waals surface area contributed by atoms with E-state index in [1.54, 1.807) is 0 Å². The number of hydrogen-bond acceptors (Lipinski definition) is 4. The van der Waals surface area contributed by atoms with Crippen molar-refractivity contribution in [3.63, 3.8) is 0 Å². The van der Waals surface area contributed by atoms with Crippen molar-refractivity contribution in [2.45, 2.75) is 45.7 Å². The Balaban J connectivity index is 1.62. The van der Waals surface area contributed by atoms with Gasteiger partial charge in [0.2, 0.25) is 0 Å². The predicted molar refractivity (Wildman–Crippen MR) is 100 cm³/mol. The van der Waals surface area contributed by atoms with Gasteiger partial charge in [0, 0.05) is 24.5 Å². The van der Waals surface area contributed by atoms with Crippen molar-refractivity contribution in [1.29, 1.82) is 0 Å². The molecule has 2 N–H and O–H groups in total. The van der Waals surface area contributed by atoms with E-state index in [-0.39, 0.29) is 17.0 Å². The SMILES string of the molecule is C[C@@H]1CC(C)(C)CC2(C1)NC(=O)c1cc(N3CCOCC3)ccc1N2. The van der Waals surface area contributed by atoms with Crippen LogP contribution in [0.15, 0.2) is 18.2 Å². The van der Waals surface area contributed by atoms with Gasteiger partial charge in [-0.3, -0.25) is 4.79 Å². The predicted octanol–water partition coefficient (Wildman–Crippen LogP) is 3.22. The summed E-state index contributed by atoms with van der Waals surface area (Å²) in [6, 6.07) is 6.22. The lowest BCUT2D eigenvalue weighted by Crippen LogP contribution is -2.62. The fourth-order valence-electron chi connectivity index (χ4n) is 5.18. The first kappa shape index (κ1) is 16.7. The van der Waals surface area contributed by atoms with E-state index in [1.807, 2.05) is 6.07 Å². The van der Waals surface area contributed by atoms with Crippen LogP contribution in [-0.2, 0) is 4.74 Å². The van der Waals surface area contributed by atoms with Crippen LogP contribution in [0.2, 0.25) is 0 Å². The molecule has 25 heavy (non-hydrogen) atoms. The van der Waals surface area contributed by atoms with E-state index in [0.29, 0.717) is 5.92 Å². The first-order chi connectivity index (χ1) is 11.9. The van der Waals surface area contributed by atoms with Gasteiger partial charge in [-0.25, -0.2) is 0 Å². The maximum Gasteiger partial charge on any atom is 0.255 e. The number of amides is 1. The van der Waals surface area contributed by atoms with Gasteiger partial charge in [-0.1, -0.05) is 20.8 Å². The molecule has 2 atom stereocenters. The molecule has 0 aromatic heterocycles. The minimum absolute atomic E-state index is 0.0498. The maximum absolute atomic E-state index is 12.9. The molecule has 1 aromatic rings. The van der Waals surface area contributed by atoms with Crippen molar-refractivity contribution in [2.24, 2.45) is 11.3 Å². The zero-order valence-electron chi connectivity index (χ0n) is 15.5. The van der Waals surface area contributed by atoms with Gasteiger partial charge < -0.3 is 20.3 Å². The quantitative estimate of drug-likeness (QED) is 0.822. The third-order valence-electron chi connectivity index (χ3n) is 5.73. The highest BCUT2D eigenvalue weighted by molar-refractivity contribution is 6.03. The lowest BCUT2D eigenvalue weighted by atomic mass is 9.67. The summed E-state index contributed by atoms with van der Waals surface area (Å²) in [7, 11) is 0. The second-order valence-corrected chi connectivity index (χ2v) is 8.84. The molecule has 0 bridgehead atoms. The number of fused-ring (bicyclic) bond motifs is 1. The minimum atomic E-state index is -0.314. The summed E-state index contributed by atoms with van der Waals surface area (Å²) in [5, 5.41) is 6.99. The normalized spacial score (nSPS) is 31.2. The molecule has 5 heteroatoms. The lowest BCUT2D eigenvalue weighted by molar-refractivity contribution is 0.0700. The largest absolute Gasteiger partial charge is 0.378 e. The molecule has 2 heterocycles. The summed E-state index contributed by atoms with van der Waals surface area (Å²) in [6.07, 6.45) is 3.14. The monoisotopic (exact) mass is 343 g/mol. The number of morpholine rings is 1. The summed E-state index contributed by atoms with van der Waals surface area (Å²) in [4.78, 5) is 15.2. The molecule has 1 saturated heterocycles. The van der Waals surface area contributed by atoms with Crippen LogP contribution < -0.4 is 15.5 Å². The van der Waals surface area contributed by atoms with E-state index in [2.05, 4.69) is 48.4 Å². The molecule has 1 aromatic carbocycles. The van der Waals surface area contributed by atoms with Crippen molar-refractivity contribution in [3.8, 4) is 0 Å². The van der Waals surface area contributed by atoms with Crippen molar-refractivity contribution < 1.29 is 9.53 Å². The standard InChI is InChI=1S/C20H29N3O2/c1-14-11-19(2,3)13-20(12-14)21-17-5-4-15(10-16(17)18(24)22-20)23-6-8-25-9-7-23/h4-5,10,14,21H,6-9,11-13H2,1-3H3,(H,22,24)/t14-,20?/m1/s1. The molecule has 1 aliphatic carbocycles. The molecule has 1 saturated carbocycles. The first-order valence-corrected chi connectivity index (χ1v) is 9.43. The number of ether oxygens (including phenoxy) is 1. The number of nitrogens with zero attached hydrogens (tertiary/aromatic N) is 1. The van der Waals surface area contributed by atoms with Crippen molar-refractivity contribution in [1.82, 2.24) is 5.32 Å². The Hall–Kier alpha value is -1.75. The molecule has 3 aliphatic rings. The summed E-state index contributed by atoms with van der Waals surface area (Å²) in [5.41, 5.74) is 2.73. The molecule has 2 fully saturated rings. The number of nitrogens with one attached hydrogen (secondary N) is 2. The fourth-order valence-corrected chi connectivity index (χ4v) is 5.18. The second-order valence-electron chi connectivity index (χ2n) is 8.84. The Kier molecular flexibility index (Phi) is 3.95. The van der Waals surface area contributed by atoms with Gasteiger partial charge in [0.05, 0.1) is 18.8 Å². The van der Waals surface area contributed by atoms with Gasteiger partial charge in [0.25, 0.3) is 5.91 Å². The van der Waals surface area contributed by atoms with Crippen LogP contribution in [0.1, 0.15) is 50.4 Å². The van der Waals surface area contributed by atoms with E-state index in [1.165, 1.54) is 6.42 Å². The smallest absolute Gasteiger partial charge is 0.255 e. The summed E-state index contributed by atoms with van der Waals surface area (Å²) in [5.74, 6) is 0.638. The van der Waals surface area contributed by atoms with Crippen LogP contribution in [0, 0.1) is 11.3 Å². The first-order valence-electron chi connectivity index (χ1n) is 9.43. The molecule has 2 aliphatic heterocycles. The highest BCUT2D eigenvalue weighted by Crippen LogP contribution is 2.46. The van der Waals surface area contributed by atoms with E-state index >= 15 is 0 Å². The van der Waals surface area contributed by atoms with Crippen LogP contribution in [0.25, 0.3) is 0 Å². The molecule has 5 nitrogen and oxygen atoms in total. The van der Waals surface area contributed by atoms with Crippen LogP contribution in [0.4, 0.5) is 11.4 Å². The number of benzene rings is 1. The zero-order valence-corrected chi connectivity index (χ0v) is 15.5. The van der Waals surface area contributed by atoms with Crippen molar-refractivity contribution in [3.05, 3.63) is 23.8 Å². The number of carbonyl (C=O) groups excluding carboxylic acids is 1. The maximum atomic E-state index is 12.9. The Labute approximate surface area is 150 Å². The average Bonchev–Trinajstić information content (AvgIpc) is 2.53. The topological polar surface area (TPSA) is 53.6 Å². The third-order valence-corrected chi connectivity index (χ3v) is 5.73. The summed E-state index contributed by atoms with van der Waals surface area (Å²) >= 11 is 0. The molecule has 0 radical (unpaired) electrons. The van der Waals surface area contributed by atoms with Gasteiger partial charge in [-0.2, -0.15) is 0 Å². The van der Waals surface area contributed by atoms with Crippen LogP contribution in [0.5, 0.6) is 0 Å². The summed E-state index contributed by atoms with van der Waals surface area (Å²) in [6.45, 7) is 10.1. The van der Waals surface area contributed by atoms with Gasteiger partial charge in [0.1, 0.15) is 5.66 Å². The van der Waals surface area contributed by atoms with E-state index in [0.717, 1.165) is 56.1 Å². The molecular formula is C20H29N3O2. The van der Waals surface area contributed by atoms with Crippen LogP contribution >= 0.6 is 0 Å².